The lowest BCUT2D eigenvalue weighted by atomic mass is 10.2. The largest absolute Gasteiger partial charge is 0.492 e. The van der Waals surface area contributed by atoms with Crippen LogP contribution in [0.25, 0.3) is 0 Å². The molecule has 0 aliphatic heterocycles. The first-order chi connectivity index (χ1) is 8.17. The van der Waals surface area contributed by atoms with Crippen LogP contribution in [0.15, 0.2) is 0 Å². The molecule has 2 atom stereocenters. The van der Waals surface area contributed by atoms with Crippen molar-refractivity contribution in [3.05, 3.63) is 0 Å². The summed E-state index contributed by atoms with van der Waals surface area (Å²) in [5, 5.41) is 16.5. The van der Waals surface area contributed by atoms with Crippen molar-refractivity contribution in [1.82, 2.24) is 0 Å². The van der Waals surface area contributed by atoms with Gasteiger partial charge in [-0.25, -0.2) is 9.13 Å². The Morgan fingerprint density at radius 2 is 1.67 bits per heavy atom. The summed E-state index contributed by atoms with van der Waals surface area (Å²) in [6.07, 6.45) is -13.9. The van der Waals surface area contributed by atoms with Gasteiger partial charge >= 0.3 is 12.4 Å². The number of rotatable bonds is 9. The first-order valence-corrected chi connectivity index (χ1v) is 4.73. The van der Waals surface area contributed by atoms with Crippen molar-refractivity contribution in [2.45, 2.75) is 25.2 Å². The minimum Gasteiger partial charge on any atom is -0.396 e. The van der Waals surface area contributed by atoms with Crippen molar-refractivity contribution < 1.29 is 46.0 Å². The molecule has 0 aromatic heterocycles. The number of hydrogen-bond donors (Lipinski definition) is 2. The zero-order valence-electron chi connectivity index (χ0n) is 8.96. The smallest absolute Gasteiger partial charge is 0.396 e. The van der Waals surface area contributed by atoms with Gasteiger partial charge in [0.1, 0.15) is 0 Å². The van der Waals surface area contributed by atoms with E-state index in [1.165, 1.54) is 0 Å². The van der Waals surface area contributed by atoms with E-state index in [1.807, 2.05) is 0 Å². The Labute approximate surface area is 98.1 Å². The van der Waals surface area contributed by atoms with E-state index < -0.39 is 51.0 Å². The highest BCUT2D eigenvalue weighted by molar-refractivity contribution is 4.61. The lowest BCUT2D eigenvalue weighted by molar-refractivity contribution is -0.487. The lowest BCUT2D eigenvalue weighted by Gasteiger charge is -2.25. The van der Waals surface area contributed by atoms with Gasteiger partial charge in [0.15, 0.2) is 0 Å². The Bertz CT molecular complexity index is 236. The summed E-state index contributed by atoms with van der Waals surface area (Å²) in [7, 11) is 0. The molecule has 0 amide bonds. The summed E-state index contributed by atoms with van der Waals surface area (Å²) in [5.41, 5.74) is 0. The van der Waals surface area contributed by atoms with Crippen LogP contribution in [0.4, 0.5) is 26.3 Å². The van der Waals surface area contributed by atoms with Crippen LogP contribution in [0.3, 0.4) is 0 Å². The van der Waals surface area contributed by atoms with Gasteiger partial charge in [0.2, 0.25) is 6.36 Å². The molecule has 0 bridgehead atoms. The molecule has 10 heteroatoms. The fraction of sp³-hybridized carbons (Fsp3) is 1.00. The molecule has 2 N–H and O–H groups in total. The van der Waals surface area contributed by atoms with E-state index in [0.717, 1.165) is 0 Å². The molecule has 0 rings (SSSR count). The molecule has 0 radical (unpaired) electrons. The molecule has 18 heavy (non-hydrogen) atoms. The number of aliphatic hydroxyl groups excluding tert-OH is 2. The molecule has 0 fully saturated rings. The van der Waals surface area contributed by atoms with Gasteiger partial charge in [-0.1, -0.05) is 0 Å². The molecule has 0 aromatic carbocycles. The zero-order valence-corrected chi connectivity index (χ0v) is 8.96. The van der Waals surface area contributed by atoms with Gasteiger partial charge in [-0.05, 0) is 0 Å². The molecule has 4 nitrogen and oxygen atoms in total. The van der Waals surface area contributed by atoms with Crippen molar-refractivity contribution in [1.29, 1.82) is 0 Å². The molecular weight excluding hydrogens is 274 g/mol. The molecule has 2 unspecified atom stereocenters. The minimum atomic E-state index is -5.03. The van der Waals surface area contributed by atoms with E-state index >= 15 is 0 Å². The van der Waals surface area contributed by atoms with Crippen molar-refractivity contribution in [2.24, 2.45) is 5.92 Å². The van der Waals surface area contributed by atoms with E-state index in [9.17, 15) is 26.3 Å². The highest BCUT2D eigenvalue weighted by Gasteiger charge is 2.47. The molecule has 0 spiro atoms. The fourth-order valence-corrected chi connectivity index (χ4v) is 0.808. The summed E-state index contributed by atoms with van der Waals surface area (Å²) in [6.45, 7) is -3.83. The highest BCUT2D eigenvalue weighted by Crippen LogP contribution is 2.32. The molecule has 0 heterocycles. The Hall–Kier alpha value is -0.580. The van der Waals surface area contributed by atoms with Gasteiger partial charge in [0.25, 0.3) is 0 Å². The summed E-state index contributed by atoms with van der Waals surface area (Å²) in [5.74, 6) is -1.94. The molecular formula is C8H12F6O4. The molecule has 0 aliphatic carbocycles. The highest BCUT2D eigenvalue weighted by atomic mass is 19.3. The standard InChI is InChI=1S/C8H12F6O4/c9-3-5(4-16)6(10)17-8(13,14)18-7(11,12)1-2-15/h5-6,15-16H,1-4H2. The number of aliphatic hydroxyl groups is 2. The van der Waals surface area contributed by atoms with Crippen LogP contribution < -0.4 is 0 Å². The average Bonchev–Trinajstić information content (AvgIpc) is 2.15. The van der Waals surface area contributed by atoms with Crippen LogP contribution in [-0.2, 0) is 9.47 Å². The van der Waals surface area contributed by atoms with E-state index in [1.54, 1.807) is 0 Å². The summed E-state index contributed by atoms with van der Waals surface area (Å²) < 4.78 is 81.4. The van der Waals surface area contributed by atoms with Gasteiger partial charge < -0.3 is 10.2 Å². The maximum atomic E-state index is 12.8. The minimum absolute atomic E-state index is 1.15. The Morgan fingerprint density at radius 3 is 2.06 bits per heavy atom. The fourth-order valence-electron chi connectivity index (χ4n) is 0.808. The second-order valence-corrected chi connectivity index (χ2v) is 3.24. The summed E-state index contributed by atoms with van der Waals surface area (Å²) >= 11 is 0. The number of hydrogen-bond acceptors (Lipinski definition) is 4. The SMILES string of the molecule is OCCC(F)(F)OC(F)(F)OC(F)C(CO)CF. The van der Waals surface area contributed by atoms with Gasteiger partial charge in [-0.3, -0.25) is 9.13 Å². The van der Waals surface area contributed by atoms with Crippen LogP contribution in [0.5, 0.6) is 0 Å². The summed E-state index contributed by atoms with van der Waals surface area (Å²) in [6, 6.07) is 0. The van der Waals surface area contributed by atoms with E-state index in [-0.39, 0.29) is 0 Å². The van der Waals surface area contributed by atoms with E-state index in [2.05, 4.69) is 9.47 Å². The van der Waals surface area contributed by atoms with Crippen molar-refractivity contribution in [3.8, 4) is 0 Å². The van der Waals surface area contributed by atoms with Gasteiger partial charge in [0.05, 0.1) is 32.2 Å². The van der Waals surface area contributed by atoms with Crippen LogP contribution in [-0.4, -0.2) is 48.9 Å². The molecule has 0 saturated heterocycles. The van der Waals surface area contributed by atoms with Gasteiger partial charge in [0, 0.05) is 0 Å². The normalized spacial score (nSPS) is 16.7. The zero-order chi connectivity index (χ0) is 14.4. The van der Waals surface area contributed by atoms with Crippen LogP contribution in [0.1, 0.15) is 6.42 Å². The van der Waals surface area contributed by atoms with Crippen LogP contribution >= 0.6 is 0 Å². The monoisotopic (exact) mass is 286 g/mol. The van der Waals surface area contributed by atoms with Gasteiger partial charge in [-0.2, -0.15) is 8.78 Å². The summed E-state index contributed by atoms with van der Waals surface area (Å²) in [4.78, 5) is 0. The third-order valence-corrected chi connectivity index (χ3v) is 1.72. The van der Waals surface area contributed by atoms with Crippen molar-refractivity contribution in [3.63, 3.8) is 0 Å². The Balaban J connectivity index is 4.46. The molecule has 0 saturated carbocycles. The van der Waals surface area contributed by atoms with Gasteiger partial charge in [-0.15, -0.1) is 8.78 Å². The predicted octanol–water partition coefficient (Wildman–Crippen LogP) is 1.42. The lowest BCUT2D eigenvalue weighted by Crippen LogP contribution is -2.40. The third kappa shape index (κ3) is 6.38. The quantitative estimate of drug-likeness (QED) is 0.497. The van der Waals surface area contributed by atoms with Crippen LogP contribution in [0.2, 0.25) is 0 Å². The van der Waals surface area contributed by atoms with E-state index in [4.69, 9.17) is 10.2 Å². The third-order valence-electron chi connectivity index (χ3n) is 1.72. The second-order valence-electron chi connectivity index (χ2n) is 3.24. The number of ether oxygens (including phenoxy) is 2. The number of alkyl halides is 6. The topological polar surface area (TPSA) is 58.9 Å². The average molecular weight is 286 g/mol. The van der Waals surface area contributed by atoms with Crippen molar-refractivity contribution in [2.75, 3.05) is 19.9 Å². The first kappa shape index (κ1) is 17.4. The maximum absolute atomic E-state index is 12.8. The molecule has 0 aromatic rings. The molecule has 110 valence electrons. The second kappa shape index (κ2) is 7.12. The Kier molecular flexibility index (Phi) is 6.89. The van der Waals surface area contributed by atoms with E-state index in [0.29, 0.717) is 0 Å². The maximum Gasteiger partial charge on any atom is 0.492 e. The number of halogens is 6. The Morgan fingerprint density at radius 1 is 1.11 bits per heavy atom. The van der Waals surface area contributed by atoms with Crippen LogP contribution in [0, 0.1) is 5.92 Å². The molecule has 0 aliphatic rings. The first-order valence-electron chi connectivity index (χ1n) is 4.73. The van der Waals surface area contributed by atoms with Crippen molar-refractivity contribution >= 4 is 0 Å². The predicted molar refractivity (Wildman–Crippen MR) is 45.2 cm³/mol.